The second-order valence-corrected chi connectivity index (χ2v) is 3.77. The summed E-state index contributed by atoms with van der Waals surface area (Å²) in [5.41, 5.74) is 2.54. The molecule has 0 amide bonds. The van der Waals surface area contributed by atoms with E-state index in [1.807, 2.05) is 7.05 Å². The summed E-state index contributed by atoms with van der Waals surface area (Å²) in [5.74, 6) is 0. The largest absolute Gasteiger partial charge is 0.318 e. The van der Waals surface area contributed by atoms with Crippen LogP contribution in [0.25, 0.3) is 0 Å². The molecular formula is C8H10BIN. The number of benzene rings is 1. The Hall–Kier alpha value is -0.185. The Bertz CT molecular complexity index is 237. The van der Waals surface area contributed by atoms with Crippen LogP contribution in [0.15, 0.2) is 24.3 Å². The van der Waals surface area contributed by atoms with E-state index in [2.05, 4.69) is 64.3 Å². The third kappa shape index (κ3) is 2.12. The molecule has 11 heavy (non-hydrogen) atoms. The average molecular weight is 258 g/mol. The molecule has 1 rings (SSSR count). The van der Waals surface area contributed by atoms with Crippen LogP contribution < -0.4 is 8.58 Å². The first-order chi connectivity index (χ1) is 5.25. The van der Waals surface area contributed by atoms with E-state index in [-0.39, 0.29) is 0 Å². The molecular weight excluding hydrogens is 248 g/mol. The van der Waals surface area contributed by atoms with Crippen molar-refractivity contribution in [1.29, 1.82) is 0 Å². The Morgan fingerprint density at radius 1 is 1.36 bits per heavy atom. The minimum atomic E-state index is 1.26. The normalized spacial score (nSPS) is 9.36. The summed E-state index contributed by atoms with van der Waals surface area (Å²) in [5, 5.41) is 0. The Labute approximate surface area is 82.5 Å². The van der Waals surface area contributed by atoms with Crippen molar-refractivity contribution in [1.82, 2.24) is 0 Å². The zero-order chi connectivity index (χ0) is 8.27. The lowest BCUT2D eigenvalue weighted by molar-refractivity contribution is 1.43. The average Bonchev–Trinajstić information content (AvgIpc) is 2.04. The van der Waals surface area contributed by atoms with Gasteiger partial charge in [-0.3, -0.25) is 0 Å². The van der Waals surface area contributed by atoms with Crippen LogP contribution >= 0.6 is 22.9 Å². The molecule has 1 nitrogen and oxygen atoms in total. The number of nitrogens with zero attached hydrogens (tertiary/aromatic N) is 1. The molecule has 57 valence electrons. The van der Waals surface area contributed by atoms with Crippen molar-refractivity contribution < 1.29 is 0 Å². The van der Waals surface area contributed by atoms with Crippen LogP contribution in [0.4, 0.5) is 5.69 Å². The van der Waals surface area contributed by atoms with Gasteiger partial charge in [0.05, 0.1) is 22.9 Å². The number of hydrogen-bond acceptors (Lipinski definition) is 1. The summed E-state index contributed by atoms with van der Waals surface area (Å²) >= 11 is 2.27. The van der Waals surface area contributed by atoms with Crippen molar-refractivity contribution in [3.8, 4) is 0 Å². The maximum Gasteiger partial charge on any atom is 0.151 e. The van der Waals surface area contributed by atoms with Gasteiger partial charge < -0.3 is 3.11 Å². The molecule has 0 aliphatic rings. The molecule has 0 aliphatic heterocycles. The van der Waals surface area contributed by atoms with Gasteiger partial charge in [-0.05, 0) is 6.07 Å². The molecule has 0 N–H and O–H groups in total. The SMILES string of the molecule is C[B]c1ccccc1N(C)I. The van der Waals surface area contributed by atoms with Gasteiger partial charge in [-0.2, -0.15) is 0 Å². The predicted molar refractivity (Wildman–Crippen MR) is 60.1 cm³/mol. The number of halogens is 1. The topological polar surface area (TPSA) is 3.24 Å². The molecule has 0 spiro atoms. The Kier molecular flexibility index (Phi) is 3.24. The van der Waals surface area contributed by atoms with Crippen molar-refractivity contribution >= 4 is 41.3 Å². The lowest BCUT2D eigenvalue weighted by atomic mass is 9.72. The molecule has 0 fully saturated rings. The summed E-state index contributed by atoms with van der Waals surface area (Å²) < 4.78 is 2.09. The summed E-state index contributed by atoms with van der Waals surface area (Å²) in [7, 11) is 4.16. The standard InChI is InChI=1S/C8H10BIN/c1-9-7-5-3-4-6-8(7)11(2)10/h3-6H,1-2H3. The molecule has 0 aromatic heterocycles. The highest BCUT2D eigenvalue weighted by molar-refractivity contribution is 14.1. The third-order valence-corrected chi connectivity index (χ3v) is 2.10. The molecule has 0 aliphatic carbocycles. The lowest BCUT2D eigenvalue weighted by Crippen LogP contribution is -2.18. The molecule has 1 aromatic carbocycles. The van der Waals surface area contributed by atoms with E-state index in [0.29, 0.717) is 0 Å². The molecule has 1 radical (unpaired) electrons. The van der Waals surface area contributed by atoms with E-state index < -0.39 is 0 Å². The fourth-order valence-corrected chi connectivity index (χ4v) is 1.45. The lowest BCUT2D eigenvalue weighted by Gasteiger charge is -2.13. The predicted octanol–water partition coefficient (Wildman–Crippen LogP) is 1.85. The van der Waals surface area contributed by atoms with Crippen molar-refractivity contribution in [2.75, 3.05) is 10.2 Å². The van der Waals surface area contributed by atoms with Crippen LogP contribution in [0, 0.1) is 0 Å². The van der Waals surface area contributed by atoms with Gasteiger partial charge in [0, 0.05) is 12.7 Å². The minimum absolute atomic E-state index is 1.26. The highest BCUT2D eigenvalue weighted by atomic mass is 127. The highest BCUT2D eigenvalue weighted by Crippen LogP contribution is 2.11. The van der Waals surface area contributed by atoms with Gasteiger partial charge in [-0.15, -0.1) is 0 Å². The molecule has 1 aromatic rings. The molecule has 3 heteroatoms. The van der Waals surface area contributed by atoms with Crippen LogP contribution in [0.1, 0.15) is 0 Å². The molecule has 0 heterocycles. The van der Waals surface area contributed by atoms with Gasteiger partial charge in [0.2, 0.25) is 0 Å². The second-order valence-electron chi connectivity index (χ2n) is 2.32. The van der Waals surface area contributed by atoms with Gasteiger partial charge in [0.15, 0.2) is 7.28 Å². The molecule has 0 bridgehead atoms. The first kappa shape index (κ1) is 8.91. The van der Waals surface area contributed by atoms with Crippen molar-refractivity contribution in [2.45, 2.75) is 6.82 Å². The van der Waals surface area contributed by atoms with Gasteiger partial charge in [0.1, 0.15) is 0 Å². The second kappa shape index (κ2) is 4.00. The maximum atomic E-state index is 2.27. The van der Waals surface area contributed by atoms with Crippen LogP contribution in [0.3, 0.4) is 0 Å². The highest BCUT2D eigenvalue weighted by Gasteiger charge is 2.00. The van der Waals surface area contributed by atoms with E-state index in [1.165, 1.54) is 11.2 Å². The number of hydrogen-bond donors (Lipinski definition) is 0. The maximum absolute atomic E-state index is 2.27. The third-order valence-electron chi connectivity index (χ3n) is 1.58. The van der Waals surface area contributed by atoms with Crippen molar-refractivity contribution in [3.63, 3.8) is 0 Å². The van der Waals surface area contributed by atoms with Gasteiger partial charge in [-0.1, -0.05) is 30.5 Å². The summed E-state index contributed by atoms with van der Waals surface area (Å²) in [4.78, 5) is 0. The Morgan fingerprint density at radius 2 is 2.00 bits per heavy atom. The van der Waals surface area contributed by atoms with E-state index in [0.717, 1.165) is 0 Å². The number of anilines is 1. The fourth-order valence-electron chi connectivity index (χ4n) is 1.01. The van der Waals surface area contributed by atoms with Crippen molar-refractivity contribution in [2.24, 2.45) is 0 Å². The molecule has 0 unspecified atom stereocenters. The van der Waals surface area contributed by atoms with Crippen LogP contribution in [0.5, 0.6) is 0 Å². The van der Waals surface area contributed by atoms with E-state index >= 15 is 0 Å². The Morgan fingerprint density at radius 3 is 2.45 bits per heavy atom. The first-order valence-electron chi connectivity index (χ1n) is 3.53. The van der Waals surface area contributed by atoms with Crippen LogP contribution in [0.2, 0.25) is 6.82 Å². The first-order valence-corrected chi connectivity index (χ1v) is 4.50. The minimum Gasteiger partial charge on any atom is -0.318 e. The summed E-state index contributed by atoms with van der Waals surface area (Å²) in [6, 6.07) is 8.34. The quantitative estimate of drug-likeness (QED) is 0.444. The van der Waals surface area contributed by atoms with E-state index in [9.17, 15) is 0 Å². The zero-order valence-electron chi connectivity index (χ0n) is 6.71. The number of para-hydroxylation sites is 1. The summed E-state index contributed by atoms with van der Waals surface area (Å²) in [6.45, 7) is 2.05. The van der Waals surface area contributed by atoms with Crippen molar-refractivity contribution in [3.05, 3.63) is 24.3 Å². The van der Waals surface area contributed by atoms with E-state index in [1.54, 1.807) is 0 Å². The Balaban J connectivity index is 3.02. The fraction of sp³-hybridized carbons (Fsp3) is 0.250. The molecule has 0 saturated carbocycles. The smallest absolute Gasteiger partial charge is 0.151 e. The van der Waals surface area contributed by atoms with Crippen LogP contribution in [-0.2, 0) is 0 Å². The summed E-state index contributed by atoms with van der Waals surface area (Å²) in [6.07, 6.45) is 0. The van der Waals surface area contributed by atoms with Gasteiger partial charge in [0.25, 0.3) is 0 Å². The van der Waals surface area contributed by atoms with Crippen LogP contribution in [-0.4, -0.2) is 14.3 Å². The zero-order valence-corrected chi connectivity index (χ0v) is 8.87. The van der Waals surface area contributed by atoms with E-state index in [4.69, 9.17) is 0 Å². The van der Waals surface area contributed by atoms with Gasteiger partial charge >= 0.3 is 0 Å². The molecule has 0 atom stereocenters. The monoisotopic (exact) mass is 258 g/mol. The number of rotatable bonds is 2. The molecule has 0 saturated heterocycles. The van der Waals surface area contributed by atoms with Gasteiger partial charge in [-0.25, -0.2) is 0 Å².